The van der Waals surface area contributed by atoms with Crippen LogP contribution < -0.4 is 5.32 Å². The molecule has 160 valence electrons. The molecule has 5 rings (SSSR count). The largest absolute Gasteiger partial charge is 0.461 e. The number of H-pyrrole nitrogens is 1. The molecule has 0 bridgehead atoms. The highest BCUT2D eigenvalue weighted by Gasteiger charge is 2.26. The van der Waals surface area contributed by atoms with E-state index in [-0.39, 0.29) is 6.10 Å². The lowest BCUT2D eigenvalue weighted by Gasteiger charge is -2.16. The Morgan fingerprint density at radius 3 is 3.00 bits per heavy atom. The minimum Gasteiger partial charge on any atom is -0.461 e. The number of likely N-dealkylation sites (N-methyl/N-ethyl adjacent to an activating group) is 1. The van der Waals surface area contributed by atoms with Crippen molar-refractivity contribution in [1.29, 1.82) is 0 Å². The van der Waals surface area contributed by atoms with Gasteiger partial charge in [0.05, 0.1) is 11.7 Å². The summed E-state index contributed by atoms with van der Waals surface area (Å²) in [5.41, 5.74) is 5.04. The maximum absolute atomic E-state index is 12.0. The van der Waals surface area contributed by atoms with Crippen LogP contribution in [0.4, 0.5) is 10.5 Å². The molecule has 7 heteroatoms. The van der Waals surface area contributed by atoms with Crippen molar-refractivity contribution in [3.05, 3.63) is 59.5 Å². The first-order chi connectivity index (χ1) is 15.0. The average Bonchev–Trinajstić information content (AvgIpc) is 3.32. The van der Waals surface area contributed by atoms with Gasteiger partial charge < -0.3 is 14.1 Å². The second-order valence-electron chi connectivity index (χ2n) is 8.36. The molecule has 0 unspecified atom stereocenters. The number of furan rings is 1. The minimum atomic E-state index is -0.391. The number of nitrogens with one attached hydrogen (secondary N) is 2. The first kappa shape index (κ1) is 19.6. The summed E-state index contributed by atoms with van der Waals surface area (Å²) in [5, 5.41) is 12.1. The monoisotopic (exact) mass is 418 g/mol. The molecule has 0 atom stereocenters. The van der Waals surface area contributed by atoms with Gasteiger partial charge in [0.1, 0.15) is 17.4 Å². The van der Waals surface area contributed by atoms with Crippen LogP contribution >= 0.6 is 0 Å². The molecule has 2 heterocycles. The molecular formula is C24H26N4O3. The van der Waals surface area contributed by atoms with Gasteiger partial charge in [-0.3, -0.25) is 10.4 Å². The van der Waals surface area contributed by atoms with Gasteiger partial charge in [0.2, 0.25) is 0 Å². The number of aromatic amines is 1. The fourth-order valence-corrected chi connectivity index (χ4v) is 3.93. The average molecular weight is 418 g/mol. The van der Waals surface area contributed by atoms with Gasteiger partial charge in [-0.25, -0.2) is 4.79 Å². The second kappa shape index (κ2) is 8.07. The third kappa shape index (κ3) is 4.41. The van der Waals surface area contributed by atoms with Gasteiger partial charge in [-0.15, -0.1) is 0 Å². The standard InChI is InChI=1S/C24H26N4O3/c1-15-20(9-10-28(2)14-16-3-7-22-17(11-16)13-25-27-22)21-12-18(4-8-23(21)30-15)26-24(29)31-19-5-6-19/h3-4,7-8,11-13,19H,5-6,9-10,14H2,1-2H3,(H,25,27)(H,26,29). The van der Waals surface area contributed by atoms with Crippen molar-refractivity contribution in [1.82, 2.24) is 15.1 Å². The van der Waals surface area contributed by atoms with Crippen molar-refractivity contribution in [2.75, 3.05) is 18.9 Å². The van der Waals surface area contributed by atoms with E-state index in [1.165, 1.54) is 11.1 Å². The molecule has 0 saturated heterocycles. The first-order valence-electron chi connectivity index (χ1n) is 10.7. The molecule has 4 aromatic rings. The lowest BCUT2D eigenvalue weighted by Crippen LogP contribution is -2.20. The number of anilines is 1. The predicted molar refractivity (Wildman–Crippen MR) is 120 cm³/mol. The van der Waals surface area contributed by atoms with Gasteiger partial charge in [0.25, 0.3) is 0 Å². The van der Waals surface area contributed by atoms with Crippen molar-refractivity contribution in [3.8, 4) is 0 Å². The molecule has 0 spiro atoms. The Balaban J connectivity index is 1.26. The molecule has 31 heavy (non-hydrogen) atoms. The Labute approximate surface area is 180 Å². The van der Waals surface area contributed by atoms with Crippen molar-refractivity contribution >= 4 is 33.7 Å². The zero-order valence-corrected chi connectivity index (χ0v) is 17.8. The van der Waals surface area contributed by atoms with Crippen LogP contribution in [0.3, 0.4) is 0 Å². The molecule has 2 N–H and O–H groups in total. The number of hydrogen-bond donors (Lipinski definition) is 2. The van der Waals surface area contributed by atoms with Gasteiger partial charge in [0.15, 0.2) is 0 Å². The third-order valence-electron chi connectivity index (χ3n) is 5.74. The van der Waals surface area contributed by atoms with Crippen LogP contribution in [0.25, 0.3) is 21.9 Å². The zero-order valence-electron chi connectivity index (χ0n) is 17.8. The molecule has 1 amide bonds. The maximum Gasteiger partial charge on any atom is 0.411 e. The molecule has 2 aromatic heterocycles. The minimum absolute atomic E-state index is 0.0835. The zero-order chi connectivity index (χ0) is 21.4. The van der Waals surface area contributed by atoms with Crippen molar-refractivity contribution in [3.63, 3.8) is 0 Å². The van der Waals surface area contributed by atoms with E-state index in [0.29, 0.717) is 0 Å². The summed E-state index contributed by atoms with van der Waals surface area (Å²) < 4.78 is 11.2. The lowest BCUT2D eigenvalue weighted by atomic mass is 10.1. The molecule has 2 aromatic carbocycles. The number of fused-ring (bicyclic) bond motifs is 2. The van der Waals surface area contributed by atoms with E-state index in [1.54, 1.807) is 0 Å². The fraction of sp³-hybridized carbons (Fsp3) is 0.333. The second-order valence-corrected chi connectivity index (χ2v) is 8.36. The highest BCUT2D eigenvalue weighted by molar-refractivity contribution is 5.91. The van der Waals surface area contributed by atoms with E-state index in [2.05, 4.69) is 45.7 Å². The number of hydrogen-bond acceptors (Lipinski definition) is 5. The van der Waals surface area contributed by atoms with E-state index >= 15 is 0 Å². The number of ether oxygens (including phenoxy) is 1. The summed E-state index contributed by atoms with van der Waals surface area (Å²) in [5.74, 6) is 0.918. The van der Waals surface area contributed by atoms with E-state index < -0.39 is 6.09 Å². The number of rotatable bonds is 7. The number of aryl methyl sites for hydroxylation is 1. The van der Waals surface area contributed by atoms with E-state index in [0.717, 1.165) is 65.7 Å². The molecule has 1 aliphatic carbocycles. The molecule has 1 aliphatic rings. The molecule has 1 fully saturated rings. The van der Waals surface area contributed by atoms with Crippen LogP contribution in [0.2, 0.25) is 0 Å². The van der Waals surface area contributed by atoms with Gasteiger partial charge in [0, 0.05) is 35.1 Å². The number of carbonyl (C=O) groups is 1. The number of benzene rings is 2. The number of amides is 1. The van der Waals surface area contributed by atoms with Gasteiger partial charge in [-0.1, -0.05) is 6.07 Å². The summed E-state index contributed by atoms with van der Waals surface area (Å²) in [6.07, 6.45) is 4.32. The summed E-state index contributed by atoms with van der Waals surface area (Å²) in [4.78, 5) is 14.3. The highest BCUT2D eigenvalue weighted by Crippen LogP contribution is 2.29. The first-order valence-corrected chi connectivity index (χ1v) is 10.7. The summed E-state index contributed by atoms with van der Waals surface area (Å²) in [6.45, 7) is 3.74. The Bertz CT molecular complexity index is 1240. The van der Waals surface area contributed by atoms with E-state index in [1.807, 2.05) is 31.3 Å². The van der Waals surface area contributed by atoms with E-state index in [4.69, 9.17) is 9.15 Å². The lowest BCUT2D eigenvalue weighted by molar-refractivity contribution is 0.154. The SMILES string of the molecule is Cc1oc2ccc(NC(=O)OC3CC3)cc2c1CCN(C)Cc1ccc2[nH]ncc2c1. The maximum atomic E-state index is 12.0. The Morgan fingerprint density at radius 2 is 2.16 bits per heavy atom. The molecule has 0 aliphatic heterocycles. The molecular weight excluding hydrogens is 392 g/mol. The Hall–Kier alpha value is -3.32. The van der Waals surface area contributed by atoms with E-state index in [9.17, 15) is 4.79 Å². The highest BCUT2D eigenvalue weighted by atomic mass is 16.6. The topological polar surface area (TPSA) is 83.4 Å². The van der Waals surface area contributed by atoms with Gasteiger partial charge in [-0.2, -0.15) is 5.10 Å². The number of carbonyl (C=O) groups excluding carboxylic acids is 1. The quantitative estimate of drug-likeness (QED) is 0.441. The van der Waals surface area contributed by atoms with Crippen LogP contribution in [0.1, 0.15) is 29.7 Å². The Morgan fingerprint density at radius 1 is 1.29 bits per heavy atom. The molecule has 7 nitrogen and oxygen atoms in total. The normalized spacial score (nSPS) is 13.9. The third-order valence-corrected chi connectivity index (χ3v) is 5.74. The van der Waals surface area contributed by atoms with Crippen molar-refractivity contribution < 1.29 is 13.9 Å². The van der Waals surface area contributed by atoms with Crippen LogP contribution in [0.5, 0.6) is 0 Å². The smallest absolute Gasteiger partial charge is 0.411 e. The van der Waals surface area contributed by atoms with Crippen molar-refractivity contribution in [2.24, 2.45) is 0 Å². The summed E-state index contributed by atoms with van der Waals surface area (Å²) >= 11 is 0. The van der Waals surface area contributed by atoms with Crippen molar-refractivity contribution in [2.45, 2.75) is 38.8 Å². The van der Waals surface area contributed by atoms with Crippen LogP contribution in [-0.4, -0.2) is 40.9 Å². The summed E-state index contributed by atoms with van der Waals surface area (Å²) in [7, 11) is 2.12. The van der Waals surface area contributed by atoms with Gasteiger partial charge in [-0.05, 0) is 69.1 Å². The fourth-order valence-electron chi connectivity index (χ4n) is 3.93. The molecule has 0 radical (unpaired) electrons. The number of aromatic nitrogens is 2. The Kier molecular flexibility index (Phi) is 5.11. The number of nitrogens with zero attached hydrogens (tertiary/aromatic N) is 2. The van der Waals surface area contributed by atoms with Crippen LogP contribution in [0, 0.1) is 6.92 Å². The van der Waals surface area contributed by atoms with Crippen LogP contribution in [0.15, 0.2) is 47.0 Å². The summed E-state index contributed by atoms with van der Waals surface area (Å²) in [6, 6.07) is 12.1. The predicted octanol–water partition coefficient (Wildman–Crippen LogP) is 5.00. The van der Waals surface area contributed by atoms with Gasteiger partial charge >= 0.3 is 6.09 Å². The van der Waals surface area contributed by atoms with Crippen LogP contribution in [-0.2, 0) is 17.7 Å². The molecule has 1 saturated carbocycles.